The number of carbonyl (C=O) groups excluding carboxylic acids is 3. The first-order valence-electron chi connectivity index (χ1n) is 15.3. The van der Waals surface area contributed by atoms with E-state index in [4.69, 9.17) is 14.2 Å². The maximum absolute atomic E-state index is 13.7. The zero-order valence-electron chi connectivity index (χ0n) is 26.4. The number of anilines is 2. The van der Waals surface area contributed by atoms with Crippen molar-refractivity contribution in [3.05, 3.63) is 130 Å². The number of aryl methyl sites for hydroxylation is 4. The van der Waals surface area contributed by atoms with Crippen LogP contribution in [0.4, 0.5) is 25.8 Å². The molecule has 0 fully saturated rings. The van der Waals surface area contributed by atoms with Crippen molar-refractivity contribution in [1.82, 2.24) is 5.43 Å². The summed E-state index contributed by atoms with van der Waals surface area (Å²) in [7, 11) is 0. The molecular formula is C37H39N3O6. The molecule has 3 amide bonds. The molecule has 4 aromatic rings. The van der Waals surface area contributed by atoms with Gasteiger partial charge in [-0.05, 0) is 92.0 Å². The summed E-state index contributed by atoms with van der Waals surface area (Å²) in [6.45, 7) is 5.44. The molecule has 4 bridgehead atoms. The number of ether oxygens (including phenoxy) is 3. The van der Waals surface area contributed by atoms with Crippen LogP contribution in [-0.2, 0) is 53.1 Å². The molecule has 4 aromatic carbocycles. The van der Waals surface area contributed by atoms with E-state index in [9.17, 15) is 14.4 Å². The molecule has 0 saturated heterocycles. The number of nitrogens with zero attached hydrogens (tertiary/aromatic N) is 1. The highest BCUT2D eigenvalue weighted by Gasteiger charge is 2.27. The van der Waals surface area contributed by atoms with E-state index in [1.165, 1.54) is 0 Å². The summed E-state index contributed by atoms with van der Waals surface area (Å²) in [5.74, 6) is 0. The van der Waals surface area contributed by atoms with E-state index in [0.717, 1.165) is 32.8 Å². The van der Waals surface area contributed by atoms with E-state index in [-0.39, 0.29) is 13.2 Å². The van der Waals surface area contributed by atoms with Crippen molar-refractivity contribution in [3.63, 3.8) is 0 Å². The molecule has 238 valence electrons. The standard InChI is InChI=1S/C37H39N3O6/c1-37(2,3)46-34(41)38-32-22-31-21-19-27-16-14-26(15-17-27)18-20-30(32)23-33(31)40(36(43)45-25-29-12-8-5-9-13-29)39-35(42)44-24-28-10-6-4-7-11-28/h4-17,22-23H,18-21,24-25H2,1-3H3,(H,38,41)(H,39,42). The zero-order valence-corrected chi connectivity index (χ0v) is 26.4. The third kappa shape index (κ3) is 9.11. The van der Waals surface area contributed by atoms with Gasteiger partial charge in [0.15, 0.2) is 0 Å². The van der Waals surface area contributed by atoms with Crippen LogP contribution in [0, 0.1) is 0 Å². The molecule has 46 heavy (non-hydrogen) atoms. The maximum Gasteiger partial charge on any atom is 0.433 e. The second-order valence-corrected chi connectivity index (χ2v) is 12.1. The van der Waals surface area contributed by atoms with E-state index in [1.807, 2.05) is 72.8 Å². The van der Waals surface area contributed by atoms with Gasteiger partial charge in [-0.2, -0.15) is 5.01 Å². The van der Waals surface area contributed by atoms with Crippen LogP contribution in [0.2, 0.25) is 0 Å². The van der Waals surface area contributed by atoms with Crippen LogP contribution in [0.25, 0.3) is 0 Å². The predicted octanol–water partition coefficient (Wildman–Crippen LogP) is 7.90. The maximum atomic E-state index is 13.7. The monoisotopic (exact) mass is 621 g/mol. The summed E-state index contributed by atoms with van der Waals surface area (Å²) in [5.41, 5.74) is 8.27. The first-order chi connectivity index (χ1) is 22.1. The SMILES string of the molecule is CC(C)(C)OC(=O)Nc1cc2c(N(NC(=O)OCc3ccccc3)C(=O)OCc3ccccc3)cc1CCc1ccc(cc1)CC2. The van der Waals surface area contributed by atoms with Crippen molar-refractivity contribution >= 4 is 29.7 Å². The number of hydrogen-bond donors (Lipinski definition) is 2. The lowest BCUT2D eigenvalue weighted by Gasteiger charge is -2.27. The second kappa shape index (κ2) is 14.6. The minimum Gasteiger partial charge on any atom is -0.444 e. The molecule has 9 nitrogen and oxygen atoms in total. The lowest BCUT2D eigenvalue weighted by molar-refractivity contribution is 0.0635. The zero-order chi connectivity index (χ0) is 32.5. The predicted molar refractivity (Wildman–Crippen MR) is 176 cm³/mol. The van der Waals surface area contributed by atoms with Crippen molar-refractivity contribution < 1.29 is 28.6 Å². The number of hydrogen-bond acceptors (Lipinski definition) is 6. The van der Waals surface area contributed by atoms with Gasteiger partial charge in [-0.3, -0.25) is 5.32 Å². The summed E-state index contributed by atoms with van der Waals surface area (Å²) in [5, 5.41) is 4.01. The van der Waals surface area contributed by atoms with Crippen molar-refractivity contribution in [2.24, 2.45) is 0 Å². The Balaban J connectivity index is 1.50. The average molecular weight is 622 g/mol. The number of nitrogens with one attached hydrogen (secondary N) is 2. The van der Waals surface area contributed by atoms with Gasteiger partial charge in [-0.1, -0.05) is 84.9 Å². The Bertz CT molecular complexity index is 1650. The highest BCUT2D eigenvalue weighted by molar-refractivity contribution is 5.93. The van der Waals surface area contributed by atoms with Crippen LogP contribution in [0.5, 0.6) is 0 Å². The first-order valence-corrected chi connectivity index (χ1v) is 15.3. The average Bonchev–Trinajstić information content (AvgIpc) is 3.03. The minimum atomic E-state index is -0.819. The summed E-state index contributed by atoms with van der Waals surface area (Å²) < 4.78 is 16.7. The molecule has 0 saturated carbocycles. The van der Waals surface area contributed by atoms with Crippen LogP contribution in [0.1, 0.15) is 54.2 Å². The minimum absolute atomic E-state index is 0.00320. The molecule has 4 aliphatic rings. The van der Waals surface area contributed by atoms with E-state index in [1.54, 1.807) is 20.8 Å². The Kier molecular flexibility index (Phi) is 10.2. The summed E-state index contributed by atoms with van der Waals surface area (Å²) in [4.78, 5) is 39.8. The Hall–Kier alpha value is -5.31. The molecular weight excluding hydrogens is 582 g/mol. The third-order valence-corrected chi connectivity index (χ3v) is 7.37. The number of carbonyl (C=O) groups is 3. The number of rotatable bonds is 6. The van der Waals surface area contributed by atoms with Gasteiger partial charge >= 0.3 is 18.3 Å². The van der Waals surface area contributed by atoms with Gasteiger partial charge in [0.2, 0.25) is 0 Å². The molecule has 0 aliphatic heterocycles. The van der Waals surface area contributed by atoms with E-state index < -0.39 is 23.9 Å². The van der Waals surface area contributed by atoms with Crippen LogP contribution >= 0.6 is 0 Å². The molecule has 4 aliphatic carbocycles. The van der Waals surface area contributed by atoms with Gasteiger partial charge < -0.3 is 14.2 Å². The summed E-state index contributed by atoms with van der Waals surface area (Å²) >= 11 is 0. The fourth-order valence-electron chi connectivity index (χ4n) is 5.09. The van der Waals surface area contributed by atoms with Crippen molar-refractivity contribution in [3.8, 4) is 0 Å². The fraction of sp³-hybridized carbons (Fsp3) is 0.270. The molecule has 2 N–H and O–H groups in total. The molecule has 0 heterocycles. The number of amides is 3. The number of hydrazine groups is 1. The molecule has 8 rings (SSSR count). The molecule has 9 heteroatoms. The lowest BCUT2D eigenvalue weighted by atomic mass is 9.94. The second-order valence-electron chi connectivity index (χ2n) is 12.1. The van der Waals surface area contributed by atoms with Gasteiger partial charge in [0, 0.05) is 5.69 Å². The highest BCUT2D eigenvalue weighted by Crippen LogP contribution is 2.32. The van der Waals surface area contributed by atoms with Gasteiger partial charge in [-0.25, -0.2) is 19.8 Å². The molecule has 0 unspecified atom stereocenters. The van der Waals surface area contributed by atoms with E-state index >= 15 is 0 Å². The first kappa shape index (κ1) is 32.1. The topological polar surface area (TPSA) is 106 Å². The normalized spacial score (nSPS) is 12.3. The number of benzene rings is 4. The largest absolute Gasteiger partial charge is 0.444 e. The van der Waals surface area contributed by atoms with Gasteiger partial charge in [0.05, 0.1) is 5.69 Å². The smallest absolute Gasteiger partial charge is 0.433 e. The Morgan fingerprint density at radius 1 is 0.674 bits per heavy atom. The van der Waals surface area contributed by atoms with Crippen molar-refractivity contribution in [2.45, 2.75) is 65.3 Å². The van der Waals surface area contributed by atoms with Crippen molar-refractivity contribution in [2.75, 3.05) is 10.3 Å². The quantitative estimate of drug-likeness (QED) is 0.167. The van der Waals surface area contributed by atoms with Gasteiger partial charge in [-0.15, -0.1) is 0 Å². The van der Waals surface area contributed by atoms with Crippen molar-refractivity contribution in [1.29, 1.82) is 0 Å². The lowest BCUT2D eigenvalue weighted by Crippen LogP contribution is -2.47. The van der Waals surface area contributed by atoms with E-state index in [0.29, 0.717) is 42.6 Å². The summed E-state index contributed by atoms with van der Waals surface area (Å²) in [6, 6.07) is 30.7. The van der Waals surface area contributed by atoms with Gasteiger partial charge in [0.1, 0.15) is 18.8 Å². The fourth-order valence-corrected chi connectivity index (χ4v) is 5.09. The van der Waals surface area contributed by atoms with Crippen LogP contribution in [-0.4, -0.2) is 23.9 Å². The summed E-state index contributed by atoms with van der Waals surface area (Å²) in [6.07, 6.45) is 0.210. The highest BCUT2D eigenvalue weighted by atomic mass is 16.6. The van der Waals surface area contributed by atoms with E-state index in [2.05, 4.69) is 35.0 Å². The Morgan fingerprint density at radius 3 is 1.78 bits per heavy atom. The molecule has 0 aromatic heterocycles. The molecule has 0 atom stereocenters. The third-order valence-electron chi connectivity index (χ3n) is 7.37. The molecule has 0 radical (unpaired) electrons. The molecule has 0 spiro atoms. The van der Waals surface area contributed by atoms with Crippen LogP contribution < -0.4 is 15.8 Å². The van der Waals surface area contributed by atoms with Crippen LogP contribution in [0.3, 0.4) is 0 Å². The van der Waals surface area contributed by atoms with Crippen LogP contribution in [0.15, 0.2) is 97.1 Å². The Morgan fingerprint density at radius 2 is 1.22 bits per heavy atom. The van der Waals surface area contributed by atoms with Gasteiger partial charge in [0.25, 0.3) is 0 Å². The Labute approximate surface area is 269 Å².